The maximum absolute atomic E-state index is 11.2. The van der Waals surface area contributed by atoms with E-state index in [1.54, 1.807) is 4.68 Å². The Morgan fingerprint density at radius 3 is 3.13 bits per heavy atom. The third-order valence-corrected chi connectivity index (χ3v) is 4.24. The molecule has 3 heterocycles. The Morgan fingerprint density at radius 1 is 1.43 bits per heavy atom. The molecule has 3 rings (SSSR count). The molecule has 23 heavy (non-hydrogen) atoms. The minimum Gasteiger partial charge on any atom is -0.469 e. The summed E-state index contributed by atoms with van der Waals surface area (Å²) >= 11 is 0. The maximum atomic E-state index is 11.2. The Labute approximate surface area is 136 Å². The average molecular weight is 314 g/mol. The van der Waals surface area contributed by atoms with Crippen LogP contribution >= 0.6 is 0 Å². The van der Waals surface area contributed by atoms with Crippen LogP contribution < -0.4 is 0 Å². The number of nitrogens with zero attached hydrogens (tertiary/aromatic N) is 4. The van der Waals surface area contributed by atoms with E-state index in [1.165, 1.54) is 13.5 Å². The van der Waals surface area contributed by atoms with Crippen molar-refractivity contribution in [3.05, 3.63) is 48.0 Å². The molecule has 122 valence electrons. The zero-order chi connectivity index (χ0) is 16.1. The molecule has 1 fully saturated rings. The number of carbonyl (C=O) groups excluding carboxylic acids is 1. The van der Waals surface area contributed by atoms with Gasteiger partial charge in [0.15, 0.2) is 0 Å². The second-order valence-corrected chi connectivity index (χ2v) is 5.82. The maximum Gasteiger partial charge on any atom is 0.307 e. The van der Waals surface area contributed by atoms with Crippen molar-refractivity contribution in [2.75, 3.05) is 13.7 Å². The summed E-state index contributed by atoms with van der Waals surface area (Å²) in [5, 5.41) is 4.33. The largest absolute Gasteiger partial charge is 0.469 e. The summed E-state index contributed by atoms with van der Waals surface area (Å²) in [6.07, 6.45) is 8.43. The van der Waals surface area contributed by atoms with Crippen LogP contribution in [-0.4, -0.2) is 39.3 Å². The van der Waals surface area contributed by atoms with Gasteiger partial charge in [0.25, 0.3) is 0 Å². The number of aromatic nitrogens is 3. The first-order valence-corrected chi connectivity index (χ1v) is 7.99. The van der Waals surface area contributed by atoms with Gasteiger partial charge < -0.3 is 4.74 Å². The lowest BCUT2D eigenvalue weighted by molar-refractivity contribution is -0.140. The van der Waals surface area contributed by atoms with E-state index in [0.717, 1.165) is 30.8 Å². The normalized spacial score (nSPS) is 18.2. The van der Waals surface area contributed by atoms with E-state index in [-0.39, 0.29) is 5.97 Å². The van der Waals surface area contributed by atoms with Gasteiger partial charge >= 0.3 is 5.97 Å². The quantitative estimate of drug-likeness (QED) is 0.765. The Bertz CT molecular complexity index is 641. The number of esters is 1. The van der Waals surface area contributed by atoms with E-state index in [4.69, 9.17) is 0 Å². The first-order chi connectivity index (χ1) is 11.3. The third-order valence-electron chi connectivity index (χ3n) is 4.24. The Morgan fingerprint density at radius 2 is 2.35 bits per heavy atom. The molecule has 6 nitrogen and oxygen atoms in total. The van der Waals surface area contributed by atoms with E-state index < -0.39 is 0 Å². The first-order valence-electron chi connectivity index (χ1n) is 7.99. The van der Waals surface area contributed by atoms with Crippen molar-refractivity contribution in [1.82, 2.24) is 19.7 Å². The van der Waals surface area contributed by atoms with Gasteiger partial charge in [0, 0.05) is 24.5 Å². The van der Waals surface area contributed by atoms with Crippen LogP contribution in [0.1, 0.15) is 36.6 Å². The number of pyridine rings is 1. The van der Waals surface area contributed by atoms with E-state index in [0.29, 0.717) is 19.0 Å². The second-order valence-electron chi connectivity index (χ2n) is 5.82. The lowest BCUT2D eigenvalue weighted by atomic mass is 10.1. The Kier molecular flexibility index (Phi) is 5.02. The van der Waals surface area contributed by atoms with Crippen molar-refractivity contribution >= 4 is 5.97 Å². The fourth-order valence-electron chi connectivity index (χ4n) is 3.08. The van der Waals surface area contributed by atoms with Gasteiger partial charge in [-0.2, -0.15) is 5.10 Å². The summed E-state index contributed by atoms with van der Waals surface area (Å²) in [6.45, 7) is 2.49. The molecule has 0 aliphatic carbocycles. The number of hydrogen-bond donors (Lipinski definition) is 0. The average Bonchev–Trinajstić information content (AvgIpc) is 3.23. The van der Waals surface area contributed by atoms with Crippen molar-refractivity contribution in [2.45, 2.75) is 38.4 Å². The molecule has 1 aliphatic rings. The number of carbonyl (C=O) groups is 1. The molecule has 0 N–H and O–H groups in total. The molecule has 0 radical (unpaired) electrons. The van der Waals surface area contributed by atoms with Gasteiger partial charge in [0.05, 0.1) is 38.0 Å². The highest BCUT2D eigenvalue weighted by molar-refractivity contribution is 5.68. The Balaban J connectivity index is 1.60. The molecular weight excluding hydrogens is 292 g/mol. The molecule has 1 saturated heterocycles. The van der Waals surface area contributed by atoms with Gasteiger partial charge in [-0.1, -0.05) is 6.07 Å². The minimum atomic E-state index is -0.211. The Hall–Kier alpha value is -2.21. The van der Waals surface area contributed by atoms with E-state index in [2.05, 4.69) is 25.8 Å². The summed E-state index contributed by atoms with van der Waals surface area (Å²) in [5.41, 5.74) is 2.31. The smallest absolute Gasteiger partial charge is 0.307 e. The molecule has 0 saturated carbocycles. The molecule has 0 amide bonds. The summed E-state index contributed by atoms with van der Waals surface area (Å²) in [7, 11) is 1.40. The second kappa shape index (κ2) is 7.37. The van der Waals surface area contributed by atoms with Crippen LogP contribution in [0.4, 0.5) is 0 Å². The fraction of sp³-hybridized carbons (Fsp3) is 0.471. The van der Waals surface area contributed by atoms with Gasteiger partial charge in [-0.3, -0.25) is 19.4 Å². The SMILES string of the molecule is COC(=O)CCn1cc(CN2CCC[C@H]2c2ccccn2)cn1. The summed E-state index contributed by atoms with van der Waals surface area (Å²) in [5.74, 6) is -0.211. The van der Waals surface area contributed by atoms with Gasteiger partial charge in [-0.05, 0) is 31.5 Å². The van der Waals surface area contributed by atoms with Gasteiger partial charge in [-0.15, -0.1) is 0 Å². The van der Waals surface area contributed by atoms with E-state index >= 15 is 0 Å². The summed E-state index contributed by atoms with van der Waals surface area (Å²) in [6, 6.07) is 6.48. The van der Waals surface area contributed by atoms with Crippen molar-refractivity contribution in [2.24, 2.45) is 0 Å². The van der Waals surface area contributed by atoms with Crippen molar-refractivity contribution in [3.8, 4) is 0 Å². The summed E-state index contributed by atoms with van der Waals surface area (Å²) in [4.78, 5) is 18.1. The number of likely N-dealkylation sites (tertiary alicyclic amines) is 1. The van der Waals surface area contributed by atoms with Crippen LogP contribution in [0.5, 0.6) is 0 Å². The van der Waals surface area contributed by atoms with Gasteiger partial charge in [0.1, 0.15) is 0 Å². The number of rotatable bonds is 6. The predicted octanol–water partition coefficient (Wildman–Crippen LogP) is 2.18. The van der Waals surface area contributed by atoms with Gasteiger partial charge in [-0.25, -0.2) is 0 Å². The van der Waals surface area contributed by atoms with Crippen LogP contribution in [0.3, 0.4) is 0 Å². The summed E-state index contributed by atoms with van der Waals surface area (Å²) < 4.78 is 6.46. The molecule has 1 aliphatic heterocycles. The fourth-order valence-corrected chi connectivity index (χ4v) is 3.08. The number of ether oxygens (including phenoxy) is 1. The molecule has 0 aromatic carbocycles. The first kappa shape index (κ1) is 15.7. The molecule has 1 atom stereocenters. The molecular formula is C17H22N4O2. The van der Waals surface area contributed by atoms with Crippen molar-refractivity contribution in [1.29, 1.82) is 0 Å². The zero-order valence-electron chi connectivity index (χ0n) is 13.4. The molecule has 2 aromatic rings. The van der Waals surface area contributed by atoms with E-state index in [9.17, 15) is 4.79 Å². The highest BCUT2D eigenvalue weighted by atomic mass is 16.5. The standard InChI is InChI=1S/C17H22N4O2/c1-23-17(22)7-10-21-13-14(11-19-21)12-20-9-4-6-16(20)15-5-2-3-8-18-15/h2-3,5,8,11,13,16H,4,6-7,9-10,12H2,1H3/t16-/m0/s1. The number of hydrogen-bond acceptors (Lipinski definition) is 5. The van der Waals surface area contributed by atoms with Crippen LogP contribution in [0, 0.1) is 0 Å². The topological polar surface area (TPSA) is 60.2 Å². The highest BCUT2D eigenvalue weighted by Gasteiger charge is 2.27. The monoisotopic (exact) mass is 314 g/mol. The minimum absolute atomic E-state index is 0.211. The molecule has 0 unspecified atom stereocenters. The van der Waals surface area contributed by atoms with Crippen LogP contribution in [0.25, 0.3) is 0 Å². The van der Waals surface area contributed by atoms with Gasteiger partial charge in [0.2, 0.25) is 0 Å². The molecule has 0 spiro atoms. The van der Waals surface area contributed by atoms with Crippen molar-refractivity contribution < 1.29 is 9.53 Å². The lowest BCUT2D eigenvalue weighted by Gasteiger charge is -2.23. The van der Waals surface area contributed by atoms with Crippen LogP contribution in [0.15, 0.2) is 36.8 Å². The number of aryl methyl sites for hydroxylation is 1. The molecule has 0 bridgehead atoms. The van der Waals surface area contributed by atoms with Crippen LogP contribution in [0.2, 0.25) is 0 Å². The molecule has 2 aromatic heterocycles. The molecule has 6 heteroatoms. The predicted molar refractivity (Wildman–Crippen MR) is 85.5 cm³/mol. The number of methoxy groups -OCH3 is 1. The lowest BCUT2D eigenvalue weighted by Crippen LogP contribution is -2.23. The highest BCUT2D eigenvalue weighted by Crippen LogP contribution is 2.31. The van der Waals surface area contributed by atoms with E-state index in [1.807, 2.05) is 30.7 Å². The zero-order valence-corrected chi connectivity index (χ0v) is 13.4. The third kappa shape index (κ3) is 3.96. The van der Waals surface area contributed by atoms with Crippen molar-refractivity contribution in [3.63, 3.8) is 0 Å². The van der Waals surface area contributed by atoms with Crippen LogP contribution in [-0.2, 0) is 22.6 Å².